The van der Waals surface area contributed by atoms with Crippen LogP contribution in [-0.4, -0.2) is 37.6 Å². The zero-order chi connectivity index (χ0) is 14.9. The highest BCUT2D eigenvalue weighted by Crippen LogP contribution is 2.65. The van der Waals surface area contributed by atoms with Crippen LogP contribution >= 0.6 is 14.0 Å². The lowest BCUT2D eigenvalue weighted by atomic mass is 11.8. The first-order valence-electron chi connectivity index (χ1n) is 7.22. The summed E-state index contributed by atoms with van der Waals surface area (Å²) in [7, 11) is -2.31. The first kappa shape index (κ1) is 19.7. The maximum Gasteiger partial charge on any atom is 0.0683 e. The molecule has 0 aromatic heterocycles. The molecule has 0 aliphatic carbocycles. The van der Waals surface area contributed by atoms with Crippen LogP contribution in [0.3, 0.4) is 0 Å². The summed E-state index contributed by atoms with van der Waals surface area (Å²) in [6, 6.07) is 0. The Balaban J connectivity index is 5.20. The van der Waals surface area contributed by atoms with Crippen LogP contribution in [0.4, 0.5) is 0 Å². The van der Waals surface area contributed by atoms with E-state index in [-0.39, 0.29) is 0 Å². The Kier molecular flexibility index (Phi) is 7.30. The first-order chi connectivity index (χ1) is 7.67. The van der Waals surface area contributed by atoms with Crippen LogP contribution in [-0.2, 0) is 0 Å². The fourth-order valence-corrected chi connectivity index (χ4v) is 82.0. The monoisotopic (exact) mass is 354 g/mol. The van der Waals surface area contributed by atoms with Crippen molar-refractivity contribution in [3.63, 3.8) is 0 Å². The summed E-state index contributed by atoms with van der Waals surface area (Å²) >= 11 is 0. The van der Waals surface area contributed by atoms with E-state index in [2.05, 4.69) is 72.0 Å². The quantitative estimate of drug-likeness (QED) is 0.382. The van der Waals surface area contributed by atoms with Crippen molar-refractivity contribution in [3.8, 4) is 0 Å². The summed E-state index contributed by atoms with van der Waals surface area (Å²) in [4.78, 5) is 0. The second kappa shape index (κ2) is 6.66. The van der Waals surface area contributed by atoms with Gasteiger partial charge in [0.1, 0.15) is 0 Å². The Labute approximate surface area is 123 Å². The van der Waals surface area contributed by atoms with Crippen LogP contribution in [0.25, 0.3) is 0 Å². The molecular weight excluding hydrogens is 318 g/mol. The van der Waals surface area contributed by atoms with E-state index >= 15 is 0 Å². The van der Waals surface area contributed by atoms with Crippen molar-refractivity contribution in [2.75, 3.05) is 5.90 Å². The van der Waals surface area contributed by atoms with Gasteiger partial charge in [-0.15, -0.1) is 14.0 Å². The second-order valence-electron chi connectivity index (χ2n) is 8.65. The van der Waals surface area contributed by atoms with Gasteiger partial charge in [0.15, 0.2) is 0 Å². The Morgan fingerprint density at radius 2 is 1.00 bits per heavy atom. The third kappa shape index (κ3) is 6.45. The minimum Gasteiger partial charge on any atom is -0.129 e. The Morgan fingerprint density at radius 1 is 0.667 bits per heavy atom. The molecule has 0 spiro atoms. The van der Waals surface area contributed by atoms with Gasteiger partial charge in [-0.3, -0.25) is 0 Å². The van der Waals surface area contributed by atoms with Gasteiger partial charge < -0.3 is 0 Å². The van der Waals surface area contributed by atoms with Crippen LogP contribution in [0.15, 0.2) is 0 Å². The van der Waals surface area contributed by atoms with Gasteiger partial charge in [-0.05, 0) is 5.90 Å². The molecule has 0 aromatic rings. The Hall–Kier alpha value is 1.73. The maximum atomic E-state index is 2.65. The zero-order valence-corrected chi connectivity index (χ0v) is 20.6. The average Bonchev–Trinajstić information content (AvgIpc) is 1.94. The summed E-state index contributed by atoms with van der Waals surface area (Å²) in [6.45, 7) is 29.1. The van der Waals surface area contributed by atoms with Crippen molar-refractivity contribution in [2.45, 2.75) is 72.0 Å². The smallest absolute Gasteiger partial charge is 0.0683 e. The van der Waals surface area contributed by atoms with Crippen LogP contribution < -0.4 is 0 Å². The van der Waals surface area contributed by atoms with E-state index in [1.165, 1.54) is 0 Å². The van der Waals surface area contributed by atoms with Crippen LogP contribution in [0.5, 0.6) is 0 Å². The fourth-order valence-electron chi connectivity index (χ4n) is 2.73. The number of rotatable bonds is 6. The van der Waals surface area contributed by atoms with E-state index in [0.717, 1.165) is 0 Å². The standard InChI is InChI=1S/C12H36P2Si4/c1-15(2)13(16(3,4)5)12-14(17(6,7)8)18(9,10)11/h15H,12H2,1-11H3. The fraction of sp³-hybridized carbons (Fsp3) is 1.00. The third-order valence-corrected chi connectivity index (χ3v) is 59.6. The summed E-state index contributed by atoms with van der Waals surface area (Å²) in [5, 5.41) is 0. The molecule has 0 heterocycles. The highest BCUT2D eigenvalue weighted by Gasteiger charge is 2.41. The summed E-state index contributed by atoms with van der Waals surface area (Å²) < 4.78 is 0. The lowest BCUT2D eigenvalue weighted by Gasteiger charge is -2.45. The molecule has 0 aromatic carbocycles. The maximum absolute atomic E-state index is 2.65. The topological polar surface area (TPSA) is 0 Å². The molecule has 0 fully saturated rings. The van der Waals surface area contributed by atoms with Gasteiger partial charge in [-0.2, -0.15) is 0 Å². The van der Waals surface area contributed by atoms with Gasteiger partial charge in [0.05, 0.1) is 31.7 Å². The minimum absolute atomic E-state index is 0.397. The largest absolute Gasteiger partial charge is 0.129 e. The summed E-state index contributed by atoms with van der Waals surface area (Å²) in [6.07, 6.45) is 0. The molecule has 0 saturated carbocycles. The predicted octanol–water partition coefficient (Wildman–Crippen LogP) is 6.40. The SMILES string of the molecule is C[SiH](C)P(CP([Si](C)(C)C)[Si](C)(C)C)[Si](C)(C)C. The van der Waals surface area contributed by atoms with Crippen molar-refractivity contribution in [1.82, 2.24) is 0 Å². The van der Waals surface area contributed by atoms with Crippen molar-refractivity contribution in [3.05, 3.63) is 0 Å². The van der Waals surface area contributed by atoms with Crippen LogP contribution in [0.2, 0.25) is 72.0 Å². The zero-order valence-electron chi connectivity index (χ0n) is 14.7. The number of hydrogen-bond donors (Lipinski definition) is 0. The van der Waals surface area contributed by atoms with Crippen molar-refractivity contribution < 1.29 is 0 Å². The molecule has 1 atom stereocenters. The van der Waals surface area contributed by atoms with Gasteiger partial charge in [-0.25, -0.2) is 0 Å². The molecule has 0 nitrogen and oxygen atoms in total. The lowest BCUT2D eigenvalue weighted by molar-refractivity contribution is 1.81. The van der Waals surface area contributed by atoms with Crippen molar-refractivity contribution in [1.29, 1.82) is 0 Å². The molecule has 6 heteroatoms. The lowest BCUT2D eigenvalue weighted by Crippen LogP contribution is -2.36. The summed E-state index contributed by atoms with van der Waals surface area (Å²) in [5.41, 5.74) is 0. The Bertz CT molecular complexity index is 247. The average molecular weight is 355 g/mol. The van der Waals surface area contributed by atoms with Gasteiger partial charge in [0.25, 0.3) is 0 Å². The van der Waals surface area contributed by atoms with Gasteiger partial charge in [0.2, 0.25) is 0 Å². The minimum atomic E-state index is -0.922. The normalized spacial score (nSPS) is 16.5. The molecule has 0 bridgehead atoms. The molecule has 0 rings (SSSR count). The van der Waals surface area contributed by atoms with Gasteiger partial charge in [0, 0.05) is 0 Å². The van der Waals surface area contributed by atoms with E-state index in [1.807, 2.05) is 0 Å². The van der Waals surface area contributed by atoms with Crippen molar-refractivity contribution >= 4 is 45.7 Å². The van der Waals surface area contributed by atoms with E-state index in [9.17, 15) is 0 Å². The molecule has 0 aliphatic heterocycles. The molecule has 110 valence electrons. The molecule has 0 radical (unpaired) electrons. The molecule has 0 aliphatic rings. The van der Waals surface area contributed by atoms with E-state index < -0.39 is 31.7 Å². The summed E-state index contributed by atoms with van der Waals surface area (Å²) in [5.74, 6) is 1.72. The first-order valence-corrected chi connectivity index (χ1v) is 27.2. The van der Waals surface area contributed by atoms with Crippen LogP contribution in [0.1, 0.15) is 0 Å². The van der Waals surface area contributed by atoms with E-state index in [0.29, 0.717) is 14.0 Å². The van der Waals surface area contributed by atoms with E-state index in [1.54, 1.807) is 5.90 Å². The van der Waals surface area contributed by atoms with Crippen molar-refractivity contribution in [2.24, 2.45) is 0 Å². The molecule has 0 saturated heterocycles. The highest BCUT2D eigenvalue weighted by molar-refractivity contribution is 8.28. The second-order valence-corrected chi connectivity index (χ2v) is 51.7. The number of hydrogen-bond acceptors (Lipinski definition) is 0. The molecule has 18 heavy (non-hydrogen) atoms. The van der Waals surface area contributed by atoms with E-state index in [4.69, 9.17) is 0 Å². The van der Waals surface area contributed by atoms with Gasteiger partial charge in [-0.1, -0.05) is 72.0 Å². The third-order valence-electron chi connectivity index (χ3n) is 3.40. The predicted molar refractivity (Wildman–Crippen MR) is 108 cm³/mol. The molecular formula is C12H36P2Si4. The molecule has 0 N–H and O–H groups in total. The molecule has 0 amide bonds. The Morgan fingerprint density at radius 3 is 1.17 bits per heavy atom. The van der Waals surface area contributed by atoms with Crippen LogP contribution in [0, 0.1) is 0 Å². The van der Waals surface area contributed by atoms with Gasteiger partial charge >= 0.3 is 0 Å². The molecule has 1 unspecified atom stereocenters. The highest BCUT2D eigenvalue weighted by atomic mass is 31.7.